The van der Waals surface area contributed by atoms with Gasteiger partial charge in [0.05, 0.1) is 24.9 Å². The summed E-state index contributed by atoms with van der Waals surface area (Å²) in [5.74, 6) is 0.893. The fraction of sp³-hybridized carbons (Fsp3) is 0.188. The number of amides is 2. The molecule has 0 heterocycles. The van der Waals surface area contributed by atoms with E-state index in [1.807, 2.05) is 13.0 Å². The molecule has 0 aliphatic heterocycles. The normalized spacial score (nSPS) is 10.1. The Balaban J connectivity index is 2.20. The van der Waals surface area contributed by atoms with Crippen LogP contribution >= 0.6 is 23.2 Å². The highest BCUT2D eigenvalue weighted by atomic mass is 35.5. The lowest BCUT2D eigenvalue weighted by Gasteiger charge is -2.14. The number of aryl methyl sites for hydroxylation is 1. The Labute approximate surface area is 144 Å². The molecule has 2 amide bonds. The first-order chi connectivity index (χ1) is 10.9. The van der Waals surface area contributed by atoms with Crippen LogP contribution in [0.15, 0.2) is 30.3 Å². The molecule has 0 spiro atoms. The van der Waals surface area contributed by atoms with E-state index in [4.69, 9.17) is 32.7 Å². The number of carbonyl (C=O) groups is 1. The number of hydrogen-bond donors (Lipinski definition) is 2. The number of ether oxygens (including phenoxy) is 2. The molecule has 0 aromatic heterocycles. The number of benzene rings is 2. The largest absolute Gasteiger partial charge is 0.495 e. The first kappa shape index (κ1) is 17.2. The molecule has 0 aliphatic carbocycles. The molecule has 0 fully saturated rings. The van der Waals surface area contributed by atoms with E-state index in [9.17, 15) is 4.79 Å². The molecule has 0 radical (unpaired) electrons. The second kappa shape index (κ2) is 7.44. The second-order valence-electron chi connectivity index (χ2n) is 4.73. The van der Waals surface area contributed by atoms with E-state index in [0.717, 1.165) is 5.56 Å². The molecule has 2 rings (SSSR count). The summed E-state index contributed by atoms with van der Waals surface area (Å²) in [5.41, 5.74) is 1.94. The van der Waals surface area contributed by atoms with Crippen molar-refractivity contribution in [2.45, 2.75) is 6.92 Å². The highest BCUT2D eigenvalue weighted by Crippen LogP contribution is 2.36. The third-order valence-electron chi connectivity index (χ3n) is 3.17. The number of hydrogen-bond acceptors (Lipinski definition) is 3. The molecule has 0 saturated heterocycles. The quantitative estimate of drug-likeness (QED) is 0.815. The minimum absolute atomic E-state index is 0.363. The maximum absolute atomic E-state index is 12.2. The smallest absolute Gasteiger partial charge is 0.323 e. The molecule has 0 saturated carbocycles. The molecule has 0 aliphatic rings. The van der Waals surface area contributed by atoms with E-state index in [2.05, 4.69) is 10.6 Å². The fourth-order valence-corrected chi connectivity index (χ4v) is 2.38. The molecular formula is C16H16Cl2N2O3. The van der Waals surface area contributed by atoms with Gasteiger partial charge in [-0.25, -0.2) is 4.79 Å². The third kappa shape index (κ3) is 4.21. The van der Waals surface area contributed by atoms with E-state index in [0.29, 0.717) is 32.9 Å². The van der Waals surface area contributed by atoms with Crippen molar-refractivity contribution in [1.82, 2.24) is 0 Å². The number of halogens is 2. The van der Waals surface area contributed by atoms with Crippen LogP contribution in [0.25, 0.3) is 0 Å². The predicted octanol–water partition coefficient (Wildman–Crippen LogP) is 4.96. The van der Waals surface area contributed by atoms with Crippen LogP contribution in [0.1, 0.15) is 5.56 Å². The first-order valence-corrected chi connectivity index (χ1v) is 7.46. The fourth-order valence-electron chi connectivity index (χ4n) is 1.96. The van der Waals surface area contributed by atoms with Crippen molar-refractivity contribution in [1.29, 1.82) is 0 Å². The summed E-state index contributed by atoms with van der Waals surface area (Å²) >= 11 is 12.0. The van der Waals surface area contributed by atoms with E-state index in [1.54, 1.807) is 24.3 Å². The second-order valence-corrected chi connectivity index (χ2v) is 5.57. The Morgan fingerprint density at radius 3 is 2.26 bits per heavy atom. The number of nitrogens with one attached hydrogen (secondary N) is 2. The Kier molecular flexibility index (Phi) is 5.58. The summed E-state index contributed by atoms with van der Waals surface area (Å²) in [7, 11) is 3.00. The highest BCUT2D eigenvalue weighted by Gasteiger charge is 2.13. The molecule has 0 atom stereocenters. The lowest BCUT2D eigenvalue weighted by molar-refractivity contribution is 0.262. The van der Waals surface area contributed by atoms with Crippen LogP contribution in [0.5, 0.6) is 11.5 Å². The zero-order valence-corrected chi connectivity index (χ0v) is 14.4. The number of rotatable bonds is 4. The lowest BCUT2D eigenvalue weighted by Crippen LogP contribution is -2.20. The molecule has 7 heteroatoms. The SMILES string of the molecule is COc1cc(OC)c(NC(=O)Nc2cc(Cl)ccc2C)cc1Cl. The van der Waals surface area contributed by atoms with E-state index in [-0.39, 0.29) is 0 Å². The Hall–Kier alpha value is -2.11. The molecule has 23 heavy (non-hydrogen) atoms. The maximum Gasteiger partial charge on any atom is 0.323 e. The summed E-state index contributed by atoms with van der Waals surface area (Å²) in [6, 6.07) is 7.98. The van der Waals surface area contributed by atoms with Gasteiger partial charge in [-0.3, -0.25) is 0 Å². The van der Waals surface area contributed by atoms with Crippen molar-refractivity contribution in [3.05, 3.63) is 45.9 Å². The predicted molar refractivity (Wildman–Crippen MR) is 93.4 cm³/mol. The van der Waals surface area contributed by atoms with Crippen LogP contribution in [-0.2, 0) is 0 Å². The Morgan fingerprint density at radius 2 is 1.61 bits per heavy atom. The monoisotopic (exact) mass is 354 g/mol. The number of anilines is 2. The van der Waals surface area contributed by atoms with Crippen molar-refractivity contribution < 1.29 is 14.3 Å². The van der Waals surface area contributed by atoms with Gasteiger partial charge in [0.25, 0.3) is 0 Å². The van der Waals surface area contributed by atoms with Gasteiger partial charge in [-0.15, -0.1) is 0 Å². The average Bonchev–Trinajstić information content (AvgIpc) is 2.51. The molecule has 2 N–H and O–H groups in total. The average molecular weight is 355 g/mol. The summed E-state index contributed by atoms with van der Waals surface area (Å²) in [5, 5.41) is 6.33. The van der Waals surface area contributed by atoms with Gasteiger partial charge in [0.15, 0.2) is 0 Å². The van der Waals surface area contributed by atoms with Gasteiger partial charge in [0.2, 0.25) is 0 Å². The lowest BCUT2D eigenvalue weighted by atomic mass is 10.2. The molecule has 2 aromatic rings. The van der Waals surface area contributed by atoms with Crippen molar-refractivity contribution in [3.8, 4) is 11.5 Å². The van der Waals surface area contributed by atoms with E-state index in [1.165, 1.54) is 14.2 Å². The topological polar surface area (TPSA) is 59.6 Å². The first-order valence-electron chi connectivity index (χ1n) is 6.70. The van der Waals surface area contributed by atoms with Crippen LogP contribution in [0, 0.1) is 6.92 Å². The van der Waals surface area contributed by atoms with Crippen LogP contribution in [0.2, 0.25) is 10.0 Å². The standard InChI is InChI=1S/C16H16Cl2N2O3/c1-9-4-5-10(17)6-12(9)19-16(21)20-13-7-11(18)14(22-2)8-15(13)23-3/h4-8H,1-3H3,(H2,19,20,21). The number of methoxy groups -OCH3 is 2. The molecular weight excluding hydrogens is 339 g/mol. The number of urea groups is 1. The molecule has 122 valence electrons. The summed E-state index contributed by atoms with van der Waals surface area (Å²) in [6.07, 6.45) is 0. The van der Waals surface area contributed by atoms with E-state index < -0.39 is 6.03 Å². The molecule has 0 unspecified atom stereocenters. The van der Waals surface area contributed by atoms with Crippen LogP contribution in [0.3, 0.4) is 0 Å². The summed E-state index contributed by atoms with van der Waals surface area (Å²) < 4.78 is 10.4. The van der Waals surface area contributed by atoms with Gasteiger partial charge >= 0.3 is 6.03 Å². The van der Waals surface area contributed by atoms with Gasteiger partial charge in [-0.05, 0) is 30.7 Å². The van der Waals surface area contributed by atoms with Gasteiger partial charge < -0.3 is 20.1 Å². The van der Waals surface area contributed by atoms with Gasteiger partial charge in [0, 0.05) is 16.8 Å². The van der Waals surface area contributed by atoms with Crippen molar-refractivity contribution >= 4 is 40.6 Å². The van der Waals surface area contributed by atoms with Gasteiger partial charge in [-0.1, -0.05) is 29.3 Å². The van der Waals surface area contributed by atoms with Crippen LogP contribution < -0.4 is 20.1 Å². The summed E-state index contributed by atoms with van der Waals surface area (Å²) in [6.45, 7) is 1.87. The molecule has 0 bridgehead atoms. The van der Waals surface area contributed by atoms with Crippen molar-refractivity contribution in [2.24, 2.45) is 0 Å². The zero-order chi connectivity index (χ0) is 17.0. The number of carbonyl (C=O) groups excluding carboxylic acids is 1. The summed E-state index contributed by atoms with van der Waals surface area (Å²) in [4.78, 5) is 12.2. The van der Waals surface area contributed by atoms with Gasteiger partial charge in [-0.2, -0.15) is 0 Å². The molecule has 2 aromatic carbocycles. The minimum atomic E-state index is -0.435. The van der Waals surface area contributed by atoms with Crippen molar-refractivity contribution in [3.63, 3.8) is 0 Å². The minimum Gasteiger partial charge on any atom is -0.495 e. The molecule has 5 nitrogen and oxygen atoms in total. The third-order valence-corrected chi connectivity index (χ3v) is 3.70. The van der Waals surface area contributed by atoms with Crippen LogP contribution in [-0.4, -0.2) is 20.3 Å². The van der Waals surface area contributed by atoms with Crippen molar-refractivity contribution in [2.75, 3.05) is 24.9 Å². The van der Waals surface area contributed by atoms with E-state index >= 15 is 0 Å². The maximum atomic E-state index is 12.2. The van der Waals surface area contributed by atoms with Crippen LogP contribution in [0.4, 0.5) is 16.2 Å². The van der Waals surface area contributed by atoms with Gasteiger partial charge in [0.1, 0.15) is 11.5 Å². The Bertz CT molecular complexity index is 736. The highest BCUT2D eigenvalue weighted by molar-refractivity contribution is 6.32. The Morgan fingerprint density at radius 1 is 0.957 bits per heavy atom. The zero-order valence-electron chi connectivity index (χ0n) is 12.9.